The Morgan fingerprint density at radius 2 is 2.40 bits per heavy atom. The van der Waals surface area contributed by atoms with Crippen molar-refractivity contribution in [3.8, 4) is 0 Å². The fourth-order valence-electron chi connectivity index (χ4n) is 0.483. The maximum Gasteiger partial charge on any atom is 0.183 e. The highest BCUT2D eigenvalue weighted by Crippen LogP contribution is 2.05. The first kappa shape index (κ1) is 7.64. The molecule has 0 saturated heterocycles. The lowest BCUT2D eigenvalue weighted by Gasteiger charge is -1.95. The fraction of sp³-hybridized carbons (Fsp3) is 0.200. The fourth-order valence-corrected chi connectivity index (χ4v) is 0.851. The minimum atomic E-state index is -0.561. The molecular formula is C5H5FIN3. The zero-order valence-corrected chi connectivity index (χ0v) is 7.17. The maximum atomic E-state index is 12.4. The highest BCUT2D eigenvalue weighted by atomic mass is 127. The SMILES string of the molecule is Nc1nc(CI)ncc1F. The van der Waals surface area contributed by atoms with Gasteiger partial charge in [-0.2, -0.15) is 0 Å². The molecule has 0 spiro atoms. The van der Waals surface area contributed by atoms with Gasteiger partial charge in [-0.3, -0.25) is 0 Å². The van der Waals surface area contributed by atoms with Gasteiger partial charge < -0.3 is 5.73 Å². The second kappa shape index (κ2) is 3.09. The molecule has 0 bridgehead atoms. The summed E-state index contributed by atoms with van der Waals surface area (Å²) >= 11 is 2.08. The topological polar surface area (TPSA) is 51.8 Å². The molecular weight excluding hydrogens is 248 g/mol. The molecule has 10 heavy (non-hydrogen) atoms. The lowest BCUT2D eigenvalue weighted by Crippen LogP contribution is -1.99. The molecule has 0 aliphatic carbocycles. The monoisotopic (exact) mass is 253 g/mol. The van der Waals surface area contributed by atoms with Crippen LogP contribution in [0.4, 0.5) is 10.2 Å². The first-order valence-electron chi connectivity index (χ1n) is 2.57. The number of nitrogen functional groups attached to an aromatic ring is 1. The first-order chi connectivity index (χ1) is 4.74. The van der Waals surface area contributed by atoms with Crippen molar-refractivity contribution in [2.24, 2.45) is 0 Å². The summed E-state index contributed by atoms with van der Waals surface area (Å²) in [4.78, 5) is 7.36. The maximum absolute atomic E-state index is 12.4. The van der Waals surface area contributed by atoms with Crippen molar-refractivity contribution in [3.63, 3.8) is 0 Å². The first-order valence-corrected chi connectivity index (χ1v) is 4.09. The number of anilines is 1. The Morgan fingerprint density at radius 1 is 1.70 bits per heavy atom. The van der Waals surface area contributed by atoms with Gasteiger partial charge in [-0.05, 0) is 0 Å². The summed E-state index contributed by atoms with van der Waals surface area (Å²) in [5.41, 5.74) is 5.17. The molecule has 2 N–H and O–H groups in total. The van der Waals surface area contributed by atoms with Crippen LogP contribution in [0.1, 0.15) is 5.82 Å². The Labute approximate surface area is 71.0 Å². The van der Waals surface area contributed by atoms with Crippen molar-refractivity contribution in [1.82, 2.24) is 9.97 Å². The van der Waals surface area contributed by atoms with Crippen LogP contribution in [0.3, 0.4) is 0 Å². The van der Waals surface area contributed by atoms with Crippen molar-refractivity contribution < 1.29 is 4.39 Å². The van der Waals surface area contributed by atoms with Gasteiger partial charge in [0.15, 0.2) is 11.6 Å². The lowest BCUT2D eigenvalue weighted by molar-refractivity contribution is 0.617. The average molecular weight is 253 g/mol. The Bertz CT molecular complexity index is 240. The van der Waals surface area contributed by atoms with E-state index in [9.17, 15) is 4.39 Å². The predicted molar refractivity (Wildman–Crippen MR) is 44.1 cm³/mol. The van der Waals surface area contributed by atoms with Crippen LogP contribution in [0.15, 0.2) is 6.20 Å². The summed E-state index contributed by atoms with van der Waals surface area (Å²) in [5.74, 6) is -0.0882. The molecule has 0 aliphatic rings. The van der Waals surface area contributed by atoms with Crippen LogP contribution in [-0.2, 0) is 4.43 Å². The summed E-state index contributed by atoms with van der Waals surface area (Å²) in [6, 6.07) is 0. The van der Waals surface area contributed by atoms with Crippen LogP contribution < -0.4 is 5.73 Å². The van der Waals surface area contributed by atoms with E-state index < -0.39 is 5.82 Å². The van der Waals surface area contributed by atoms with Gasteiger partial charge in [0.1, 0.15) is 5.82 Å². The number of alkyl halides is 1. The standard InChI is InChI=1S/C5H5FIN3/c6-3-2-9-4(1-7)10-5(3)8/h2H,1H2,(H2,8,9,10). The summed E-state index contributed by atoms with van der Waals surface area (Å²) in [7, 11) is 0. The molecule has 0 atom stereocenters. The van der Waals surface area contributed by atoms with Gasteiger partial charge in [0.25, 0.3) is 0 Å². The molecule has 0 aromatic carbocycles. The number of hydrogen-bond donors (Lipinski definition) is 1. The molecule has 0 unspecified atom stereocenters. The zero-order valence-electron chi connectivity index (χ0n) is 5.01. The smallest absolute Gasteiger partial charge is 0.183 e. The molecule has 1 rings (SSSR count). The number of nitrogens with two attached hydrogens (primary N) is 1. The number of hydrogen-bond acceptors (Lipinski definition) is 3. The third-order valence-corrected chi connectivity index (χ3v) is 1.62. The van der Waals surface area contributed by atoms with Crippen LogP contribution >= 0.6 is 22.6 Å². The highest BCUT2D eigenvalue weighted by Gasteiger charge is 2.00. The van der Waals surface area contributed by atoms with E-state index in [1.54, 1.807) is 0 Å². The number of aromatic nitrogens is 2. The summed E-state index contributed by atoms with van der Waals surface area (Å²) in [5, 5.41) is 0. The molecule has 5 heteroatoms. The number of rotatable bonds is 1. The minimum Gasteiger partial charge on any atom is -0.381 e. The Hall–Kier alpha value is -0.460. The van der Waals surface area contributed by atoms with Crippen LogP contribution in [0.25, 0.3) is 0 Å². The third-order valence-electron chi connectivity index (χ3n) is 0.941. The van der Waals surface area contributed by atoms with E-state index in [0.717, 1.165) is 6.20 Å². The largest absolute Gasteiger partial charge is 0.381 e. The normalized spacial score (nSPS) is 9.80. The Balaban J connectivity index is 3.04. The molecule has 1 aromatic rings. The van der Waals surface area contributed by atoms with E-state index in [0.29, 0.717) is 10.3 Å². The van der Waals surface area contributed by atoms with Gasteiger partial charge in [-0.15, -0.1) is 0 Å². The molecule has 3 nitrogen and oxygen atoms in total. The van der Waals surface area contributed by atoms with Gasteiger partial charge in [-0.1, -0.05) is 22.6 Å². The number of nitrogens with zero attached hydrogens (tertiary/aromatic N) is 2. The van der Waals surface area contributed by atoms with Crippen molar-refractivity contribution in [2.75, 3.05) is 5.73 Å². The van der Waals surface area contributed by atoms with E-state index in [1.165, 1.54) is 0 Å². The van der Waals surface area contributed by atoms with Crippen LogP contribution in [0, 0.1) is 5.82 Å². The molecule has 0 radical (unpaired) electrons. The summed E-state index contributed by atoms with van der Waals surface area (Å²) in [6.07, 6.45) is 1.08. The van der Waals surface area contributed by atoms with Gasteiger partial charge in [0.2, 0.25) is 0 Å². The lowest BCUT2D eigenvalue weighted by atomic mass is 10.5. The molecule has 0 amide bonds. The van der Waals surface area contributed by atoms with Crippen LogP contribution in [0.2, 0.25) is 0 Å². The molecule has 0 fully saturated rings. The molecule has 1 heterocycles. The summed E-state index contributed by atoms with van der Waals surface area (Å²) < 4.78 is 13.0. The van der Waals surface area contributed by atoms with Gasteiger partial charge in [-0.25, -0.2) is 14.4 Å². The summed E-state index contributed by atoms with van der Waals surface area (Å²) in [6.45, 7) is 0. The van der Waals surface area contributed by atoms with E-state index >= 15 is 0 Å². The molecule has 0 saturated carbocycles. The average Bonchev–Trinajstić information content (AvgIpc) is 1.95. The zero-order chi connectivity index (χ0) is 7.56. The molecule has 0 aliphatic heterocycles. The van der Waals surface area contributed by atoms with Crippen LogP contribution in [0.5, 0.6) is 0 Å². The number of halogens is 2. The van der Waals surface area contributed by atoms with E-state index in [-0.39, 0.29) is 5.82 Å². The quantitative estimate of drug-likeness (QED) is 0.603. The van der Waals surface area contributed by atoms with Gasteiger partial charge >= 0.3 is 0 Å². The van der Waals surface area contributed by atoms with Crippen LogP contribution in [-0.4, -0.2) is 9.97 Å². The Morgan fingerprint density at radius 3 is 2.90 bits per heavy atom. The molecule has 54 valence electrons. The van der Waals surface area contributed by atoms with Crippen molar-refractivity contribution in [2.45, 2.75) is 4.43 Å². The molecule has 1 aromatic heterocycles. The van der Waals surface area contributed by atoms with Crippen molar-refractivity contribution >= 4 is 28.4 Å². The van der Waals surface area contributed by atoms with Crippen molar-refractivity contribution in [1.29, 1.82) is 0 Å². The van der Waals surface area contributed by atoms with E-state index in [2.05, 4.69) is 32.6 Å². The van der Waals surface area contributed by atoms with E-state index in [1.807, 2.05) is 0 Å². The second-order valence-electron chi connectivity index (χ2n) is 1.65. The third kappa shape index (κ3) is 1.53. The van der Waals surface area contributed by atoms with E-state index in [4.69, 9.17) is 5.73 Å². The van der Waals surface area contributed by atoms with Gasteiger partial charge in [0, 0.05) is 0 Å². The van der Waals surface area contributed by atoms with Gasteiger partial charge in [0.05, 0.1) is 10.6 Å². The minimum absolute atomic E-state index is 0.0818. The highest BCUT2D eigenvalue weighted by molar-refractivity contribution is 14.1. The van der Waals surface area contributed by atoms with Crippen molar-refractivity contribution in [3.05, 3.63) is 17.8 Å². The second-order valence-corrected chi connectivity index (χ2v) is 2.42. The predicted octanol–water partition coefficient (Wildman–Crippen LogP) is 1.13. The Kier molecular flexibility index (Phi) is 2.36.